The average Bonchev–Trinajstić information content (AvgIpc) is 2.42. The second-order valence-electron chi connectivity index (χ2n) is 4.02. The Bertz CT molecular complexity index is 587. The van der Waals surface area contributed by atoms with Crippen molar-refractivity contribution in [1.82, 2.24) is 9.97 Å². The van der Waals surface area contributed by atoms with E-state index in [0.29, 0.717) is 10.8 Å². The second-order valence-corrected chi connectivity index (χ2v) is 5.22. The van der Waals surface area contributed by atoms with Crippen molar-refractivity contribution in [1.29, 1.82) is 0 Å². The molecule has 19 heavy (non-hydrogen) atoms. The highest BCUT2D eigenvalue weighted by Gasteiger charge is 2.13. The van der Waals surface area contributed by atoms with Crippen LogP contribution in [0.15, 0.2) is 28.7 Å². The number of aromatic nitrogens is 2. The predicted molar refractivity (Wildman–Crippen MR) is 83.7 cm³/mol. The first-order valence-corrected chi connectivity index (χ1v) is 7.39. The van der Waals surface area contributed by atoms with E-state index < -0.39 is 0 Å². The Kier molecular flexibility index (Phi) is 4.77. The van der Waals surface area contributed by atoms with Gasteiger partial charge in [-0.25, -0.2) is 9.97 Å². The first-order valence-electron chi connectivity index (χ1n) is 6.22. The van der Waals surface area contributed by atoms with Gasteiger partial charge in [-0.3, -0.25) is 0 Å². The Morgan fingerprint density at radius 2 is 1.95 bits per heavy atom. The zero-order valence-electron chi connectivity index (χ0n) is 10.9. The standard InChI is InChI=1S/C14H15BrClN3/c1-3-11-12(15)14(17-4-2)19-13(18-11)9-7-5-6-8-10(9)16/h5-8H,3-4H2,1-2H3,(H,17,18,19). The van der Waals surface area contributed by atoms with Crippen LogP contribution in [0.5, 0.6) is 0 Å². The van der Waals surface area contributed by atoms with Gasteiger partial charge in [0.25, 0.3) is 0 Å². The van der Waals surface area contributed by atoms with Gasteiger partial charge in [0.05, 0.1) is 15.2 Å². The van der Waals surface area contributed by atoms with Crippen LogP contribution >= 0.6 is 27.5 Å². The molecule has 0 fully saturated rings. The number of aryl methyl sites for hydroxylation is 1. The monoisotopic (exact) mass is 339 g/mol. The van der Waals surface area contributed by atoms with E-state index in [4.69, 9.17) is 11.6 Å². The number of halogens is 2. The molecule has 3 nitrogen and oxygen atoms in total. The minimum absolute atomic E-state index is 0.654. The normalized spacial score (nSPS) is 10.5. The van der Waals surface area contributed by atoms with Gasteiger partial charge in [0.1, 0.15) is 5.82 Å². The summed E-state index contributed by atoms with van der Waals surface area (Å²) in [4.78, 5) is 9.13. The lowest BCUT2D eigenvalue weighted by Gasteiger charge is -2.12. The van der Waals surface area contributed by atoms with E-state index in [1.165, 1.54) is 0 Å². The van der Waals surface area contributed by atoms with Gasteiger partial charge < -0.3 is 5.32 Å². The molecule has 0 radical (unpaired) electrons. The van der Waals surface area contributed by atoms with Crippen molar-refractivity contribution in [3.8, 4) is 11.4 Å². The molecule has 0 unspecified atom stereocenters. The van der Waals surface area contributed by atoms with Crippen LogP contribution in [0, 0.1) is 0 Å². The third-order valence-corrected chi connectivity index (χ3v) is 3.88. The van der Waals surface area contributed by atoms with E-state index in [2.05, 4.69) is 38.1 Å². The molecule has 0 atom stereocenters. The minimum Gasteiger partial charge on any atom is -0.369 e. The highest BCUT2D eigenvalue weighted by atomic mass is 79.9. The van der Waals surface area contributed by atoms with Crippen LogP contribution in [-0.4, -0.2) is 16.5 Å². The van der Waals surface area contributed by atoms with Crippen molar-refractivity contribution >= 4 is 33.3 Å². The summed E-state index contributed by atoms with van der Waals surface area (Å²) in [5.74, 6) is 1.46. The number of hydrogen-bond donors (Lipinski definition) is 1. The fraction of sp³-hybridized carbons (Fsp3) is 0.286. The molecule has 0 aliphatic carbocycles. The van der Waals surface area contributed by atoms with Crippen LogP contribution in [-0.2, 0) is 6.42 Å². The lowest BCUT2D eigenvalue weighted by molar-refractivity contribution is 0.984. The molecule has 0 saturated heterocycles. The Labute approximate surface area is 126 Å². The Hall–Kier alpha value is -1.13. The third kappa shape index (κ3) is 3.07. The summed E-state index contributed by atoms with van der Waals surface area (Å²) in [5, 5.41) is 3.90. The third-order valence-electron chi connectivity index (χ3n) is 2.71. The maximum atomic E-state index is 6.21. The molecule has 0 amide bonds. The highest BCUT2D eigenvalue weighted by molar-refractivity contribution is 9.10. The second kappa shape index (κ2) is 6.35. The predicted octanol–water partition coefficient (Wildman–Crippen LogP) is 4.55. The van der Waals surface area contributed by atoms with Crippen molar-refractivity contribution < 1.29 is 0 Å². The number of rotatable bonds is 4. The minimum atomic E-state index is 0.654. The molecule has 0 aliphatic heterocycles. The molecule has 1 aromatic heterocycles. The van der Waals surface area contributed by atoms with Crippen molar-refractivity contribution in [2.24, 2.45) is 0 Å². The smallest absolute Gasteiger partial charge is 0.163 e. The summed E-state index contributed by atoms with van der Waals surface area (Å²) in [6, 6.07) is 7.61. The van der Waals surface area contributed by atoms with Crippen LogP contribution < -0.4 is 5.32 Å². The molecule has 2 rings (SSSR count). The van der Waals surface area contributed by atoms with Gasteiger partial charge in [0, 0.05) is 12.1 Å². The number of nitrogens with one attached hydrogen (secondary N) is 1. The van der Waals surface area contributed by atoms with Gasteiger partial charge in [-0.2, -0.15) is 0 Å². The molecule has 100 valence electrons. The van der Waals surface area contributed by atoms with Gasteiger partial charge in [-0.05, 0) is 41.4 Å². The van der Waals surface area contributed by atoms with E-state index in [9.17, 15) is 0 Å². The van der Waals surface area contributed by atoms with Crippen LogP contribution in [0.3, 0.4) is 0 Å². The molecule has 2 aromatic rings. The van der Waals surface area contributed by atoms with E-state index in [1.807, 2.05) is 31.2 Å². The summed E-state index contributed by atoms with van der Waals surface area (Å²) in [6.45, 7) is 4.91. The van der Waals surface area contributed by atoms with E-state index in [-0.39, 0.29) is 0 Å². The molecule has 0 saturated carbocycles. The quantitative estimate of drug-likeness (QED) is 0.887. The van der Waals surface area contributed by atoms with Crippen molar-refractivity contribution in [2.45, 2.75) is 20.3 Å². The molecular weight excluding hydrogens is 326 g/mol. The molecule has 1 N–H and O–H groups in total. The van der Waals surface area contributed by atoms with Gasteiger partial charge in [-0.1, -0.05) is 30.7 Å². The molecule has 0 aliphatic rings. The Morgan fingerprint density at radius 3 is 2.58 bits per heavy atom. The SMILES string of the molecule is CCNc1nc(-c2ccccc2Cl)nc(CC)c1Br. The summed E-state index contributed by atoms with van der Waals surface area (Å²) in [5.41, 5.74) is 1.83. The summed E-state index contributed by atoms with van der Waals surface area (Å²) in [7, 11) is 0. The van der Waals surface area contributed by atoms with Crippen LogP contribution in [0.4, 0.5) is 5.82 Å². The van der Waals surface area contributed by atoms with Crippen LogP contribution in [0.25, 0.3) is 11.4 Å². The number of anilines is 1. The summed E-state index contributed by atoms with van der Waals surface area (Å²) >= 11 is 9.76. The van der Waals surface area contributed by atoms with Crippen molar-refractivity contribution in [2.75, 3.05) is 11.9 Å². The summed E-state index contributed by atoms with van der Waals surface area (Å²) < 4.78 is 0.924. The lowest BCUT2D eigenvalue weighted by atomic mass is 10.2. The number of nitrogens with zero attached hydrogens (tertiary/aromatic N) is 2. The molecule has 0 spiro atoms. The maximum absolute atomic E-state index is 6.21. The zero-order chi connectivity index (χ0) is 13.8. The fourth-order valence-corrected chi connectivity index (χ4v) is 2.59. The topological polar surface area (TPSA) is 37.8 Å². The molecule has 0 bridgehead atoms. The number of hydrogen-bond acceptors (Lipinski definition) is 3. The molecular formula is C14H15BrClN3. The molecule has 1 heterocycles. The first-order chi connectivity index (χ1) is 9.17. The Balaban J connectivity index is 2.58. The van der Waals surface area contributed by atoms with E-state index >= 15 is 0 Å². The molecule has 1 aromatic carbocycles. The fourth-order valence-electron chi connectivity index (χ4n) is 1.78. The first kappa shape index (κ1) is 14.3. The average molecular weight is 341 g/mol. The largest absolute Gasteiger partial charge is 0.369 e. The van der Waals surface area contributed by atoms with Crippen LogP contribution in [0.1, 0.15) is 19.5 Å². The van der Waals surface area contributed by atoms with Crippen molar-refractivity contribution in [3.05, 3.63) is 39.5 Å². The van der Waals surface area contributed by atoms with E-state index in [1.54, 1.807) is 0 Å². The molecule has 5 heteroatoms. The Morgan fingerprint density at radius 1 is 1.21 bits per heavy atom. The van der Waals surface area contributed by atoms with Gasteiger partial charge in [0.15, 0.2) is 5.82 Å². The van der Waals surface area contributed by atoms with Gasteiger partial charge >= 0.3 is 0 Å². The van der Waals surface area contributed by atoms with Crippen molar-refractivity contribution in [3.63, 3.8) is 0 Å². The number of benzene rings is 1. The van der Waals surface area contributed by atoms with E-state index in [0.717, 1.165) is 34.5 Å². The highest BCUT2D eigenvalue weighted by Crippen LogP contribution is 2.30. The zero-order valence-corrected chi connectivity index (χ0v) is 13.2. The van der Waals surface area contributed by atoms with Gasteiger partial charge in [-0.15, -0.1) is 0 Å². The summed E-state index contributed by atoms with van der Waals surface area (Å²) in [6.07, 6.45) is 0.832. The lowest BCUT2D eigenvalue weighted by Crippen LogP contribution is -2.06. The van der Waals surface area contributed by atoms with Crippen LogP contribution in [0.2, 0.25) is 5.02 Å². The maximum Gasteiger partial charge on any atom is 0.163 e. The van der Waals surface area contributed by atoms with Gasteiger partial charge in [0.2, 0.25) is 0 Å².